The van der Waals surface area contributed by atoms with Gasteiger partial charge in [-0.3, -0.25) is 14.4 Å². The van der Waals surface area contributed by atoms with Gasteiger partial charge in [-0.1, -0.05) is 36.4 Å². The summed E-state index contributed by atoms with van der Waals surface area (Å²) >= 11 is 0. The van der Waals surface area contributed by atoms with Crippen molar-refractivity contribution in [3.63, 3.8) is 0 Å². The SMILES string of the molecule is Cc1cccc(N2C[C@H](C(=O)Nc3ccccc3C(=O)NCc3ccc(F)cc3)CC2=O)c1. The monoisotopic (exact) mass is 445 g/mol. The molecule has 0 unspecified atom stereocenters. The Labute approximate surface area is 191 Å². The van der Waals surface area contributed by atoms with E-state index in [-0.39, 0.29) is 43.0 Å². The molecule has 1 aliphatic rings. The van der Waals surface area contributed by atoms with Crippen LogP contribution in [0.3, 0.4) is 0 Å². The van der Waals surface area contributed by atoms with Crippen LogP contribution in [0.5, 0.6) is 0 Å². The van der Waals surface area contributed by atoms with Gasteiger partial charge in [-0.25, -0.2) is 4.39 Å². The highest BCUT2D eigenvalue weighted by molar-refractivity contribution is 6.07. The Kier molecular flexibility index (Phi) is 6.49. The van der Waals surface area contributed by atoms with E-state index >= 15 is 0 Å². The van der Waals surface area contributed by atoms with Crippen molar-refractivity contribution in [3.05, 3.63) is 95.3 Å². The smallest absolute Gasteiger partial charge is 0.253 e. The maximum Gasteiger partial charge on any atom is 0.253 e. The number of nitrogens with zero attached hydrogens (tertiary/aromatic N) is 1. The highest BCUT2D eigenvalue weighted by Gasteiger charge is 2.35. The lowest BCUT2D eigenvalue weighted by atomic mass is 10.1. The molecule has 1 saturated heterocycles. The van der Waals surface area contributed by atoms with Crippen LogP contribution in [0.1, 0.15) is 27.9 Å². The fourth-order valence-corrected chi connectivity index (χ4v) is 3.83. The molecule has 7 heteroatoms. The molecule has 3 aromatic rings. The zero-order valence-electron chi connectivity index (χ0n) is 18.2. The molecular weight excluding hydrogens is 421 g/mol. The van der Waals surface area contributed by atoms with Gasteiger partial charge in [-0.2, -0.15) is 0 Å². The van der Waals surface area contributed by atoms with E-state index in [1.165, 1.54) is 12.1 Å². The van der Waals surface area contributed by atoms with Crippen LogP contribution in [0.15, 0.2) is 72.8 Å². The van der Waals surface area contributed by atoms with E-state index in [0.717, 1.165) is 16.8 Å². The van der Waals surface area contributed by atoms with Crippen molar-refractivity contribution >= 4 is 29.1 Å². The van der Waals surface area contributed by atoms with Gasteiger partial charge in [0.1, 0.15) is 5.82 Å². The minimum atomic E-state index is -0.520. The fourth-order valence-electron chi connectivity index (χ4n) is 3.83. The lowest BCUT2D eigenvalue weighted by Crippen LogP contribution is -2.29. The summed E-state index contributed by atoms with van der Waals surface area (Å²) in [6.07, 6.45) is 0.110. The number of hydrogen-bond donors (Lipinski definition) is 2. The maximum atomic E-state index is 13.1. The zero-order chi connectivity index (χ0) is 23.4. The maximum absolute atomic E-state index is 13.1. The molecule has 1 fully saturated rings. The van der Waals surface area contributed by atoms with Gasteiger partial charge < -0.3 is 15.5 Å². The topological polar surface area (TPSA) is 78.5 Å². The van der Waals surface area contributed by atoms with Crippen molar-refractivity contribution in [2.75, 3.05) is 16.8 Å². The first-order valence-electron chi connectivity index (χ1n) is 10.7. The van der Waals surface area contributed by atoms with E-state index in [4.69, 9.17) is 0 Å². The van der Waals surface area contributed by atoms with Crippen LogP contribution in [0.4, 0.5) is 15.8 Å². The Hall–Kier alpha value is -4.00. The van der Waals surface area contributed by atoms with Crippen molar-refractivity contribution in [2.24, 2.45) is 5.92 Å². The van der Waals surface area contributed by atoms with E-state index in [1.54, 1.807) is 41.3 Å². The second-order valence-corrected chi connectivity index (χ2v) is 8.09. The number of anilines is 2. The molecule has 0 aliphatic carbocycles. The molecule has 1 aliphatic heterocycles. The van der Waals surface area contributed by atoms with Crippen LogP contribution in [0, 0.1) is 18.7 Å². The second kappa shape index (κ2) is 9.65. The van der Waals surface area contributed by atoms with Gasteiger partial charge in [-0.05, 0) is 54.4 Å². The number of hydrogen-bond acceptors (Lipinski definition) is 3. The number of para-hydroxylation sites is 1. The fraction of sp³-hybridized carbons (Fsp3) is 0.192. The minimum absolute atomic E-state index is 0.105. The molecule has 0 saturated carbocycles. The molecule has 3 amide bonds. The number of benzene rings is 3. The zero-order valence-corrected chi connectivity index (χ0v) is 18.2. The molecule has 6 nitrogen and oxygen atoms in total. The van der Waals surface area contributed by atoms with Crippen molar-refractivity contribution < 1.29 is 18.8 Å². The van der Waals surface area contributed by atoms with Crippen LogP contribution in [0.2, 0.25) is 0 Å². The van der Waals surface area contributed by atoms with Crippen LogP contribution < -0.4 is 15.5 Å². The first-order chi connectivity index (χ1) is 15.9. The number of carbonyl (C=O) groups excluding carboxylic acids is 3. The van der Waals surface area contributed by atoms with Crippen molar-refractivity contribution in [1.29, 1.82) is 0 Å². The quantitative estimate of drug-likeness (QED) is 0.601. The largest absolute Gasteiger partial charge is 0.348 e. The van der Waals surface area contributed by atoms with Gasteiger partial charge in [0.15, 0.2) is 0 Å². The molecule has 0 spiro atoms. The standard InChI is InChI=1S/C26H24FN3O3/c1-17-5-4-6-21(13-17)30-16-19(14-24(30)31)25(32)29-23-8-3-2-7-22(23)26(33)28-15-18-9-11-20(27)12-10-18/h2-13,19H,14-16H2,1H3,(H,28,33)(H,29,32)/t19-/m1/s1. The summed E-state index contributed by atoms with van der Waals surface area (Å²) in [5.41, 5.74) is 3.25. The van der Waals surface area contributed by atoms with E-state index in [0.29, 0.717) is 11.3 Å². The highest BCUT2D eigenvalue weighted by Crippen LogP contribution is 2.27. The number of halogens is 1. The number of amides is 3. The van der Waals surface area contributed by atoms with Gasteiger partial charge in [0.25, 0.3) is 5.91 Å². The predicted molar refractivity (Wildman–Crippen MR) is 124 cm³/mol. The molecule has 33 heavy (non-hydrogen) atoms. The lowest BCUT2D eigenvalue weighted by Gasteiger charge is -2.17. The molecule has 4 rings (SSSR count). The molecule has 0 radical (unpaired) electrons. The first kappa shape index (κ1) is 22.2. The Morgan fingerprint density at radius 2 is 1.79 bits per heavy atom. The normalized spacial score (nSPS) is 15.4. The van der Waals surface area contributed by atoms with Crippen LogP contribution in [0.25, 0.3) is 0 Å². The third-order valence-corrected chi connectivity index (χ3v) is 5.61. The third kappa shape index (κ3) is 5.26. The van der Waals surface area contributed by atoms with Crippen LogP contribution >= 0.6 is 0 Å². The average Bonchev–Trinajstić information content (AvgIpc) is 3.21. The molecule has 1 atom stereocenters. The summed E-state index contributed by atoms with van der Waals surface area (Å²) in [6.45, 7) is 2.46. The minimum Gasteiger partial charge on any atom is -0.348 e. The summed E-state index contributed by atoms with van der Waals surface area (Å²) in [6, 6.07) is 20.2. The molecule has 1 heterocycles. The lowest BCUT2D eigenvalue weighted by molar-refractivity contribution is -0.122. The van der Waals surface area contributed by atoms with Gasteiger partial charge in [-0.15, -0.1) is 0 Å². The Morgan fingerprint density at radius 3 is 2.55 bits per heavy atom. The van der Waals surface area contributed by atoms with Gasteiger partial charge in [0.2, 0.25) is 11.8 Å². The summed E-state index contributed by atoms with van der Waals surface area (Å²) in [7, 11) is 0. The number of rotatable bonds is 6. The van der Waals surface area contributed by atoms with Crippen molar-refractivity contribution in [2.45, 2.75) is 19.9 Å². The second-order valence-electron chi connectivity index (χ2n) is 8.09. The summed E-state index contributed by atoms with van der Waals surface area (Å²) in [5.74, 6) is -1.64. The number of carbonyl (C=O) groups is 3. The van der Waals surface area contributed by atoms with Crippen LogP contribution in [-0.2, 0) is 16.1 Å². The third-order valence-electron chi connectivity index (χ3n) is 5.61. The molecule has 3 aromatic carbocycles. The molecule has 0 aromatic heterocycles. The summed E-state index contributed by atoms with van der Waals surface area (Å²) in [4.78, 5) is 39.8. The number of nitrogens with one attached hydrogen (secondary N) is 2. The predicted octanol–water partition coefficient (Wildman–Crippen LogP) is 4.06. The van der Waals surface area contributed by atoms with E-state index in [9.17, 15) is 18.8 Å². The molecule has 168 valence electrons. The van der Waals surface area contributed by atoms with Crippen molar-refractivity contribution in [3.8, 4) is 0 Å². The van der Waals surface area contributed by atoms with Gasteiger partial charge in [0, 0.05) is 25.2 Å². The highest BCUT2D eigenvalue weighted by atomic mass is 19.1. The molecular formula is C26H24FN3O3. The Bertz CT molecular complexity index is 1190. The van der Waals surface area contributed by atoms with E-state index in [2.05, 4.69) is 10.6 Å². The molecule has 2 N–H and O–H groups in total. The number of aryl methyl sites for hydroxylation is 1. The average molecular weight is 445 g/mol. The van der Waals surface area contributed by atoms with E-state index in [1.807, 2.05) is 31.2 Å². The van der Waals surface area contributed by atoms with Crippen LogP contribution in [-0.4, -0.2) is 24.3 Å². The summed E-state index contributed by atoms with van der Waals surface area (Å²) in [5, 5.41) is 5.60. The molecule has 0 bridgehead atoms. The van der Waals surface area contributed by atoms with Gasteiger partial charge in [0.05, 0.1) is 17.2 Å². The summed E-state index contributed by atoms with van der Waals surface area (Å²) < 4.78 is 13.1. The van der Waals surface area contributed by atoms with E-state index < -0.39 is 5.92 Å². The Balaban J connectivity index is 1.42. The first-order valence-corrected chi connectivity index (χ1v) is 10.7. The van der Waals surface area contributed by atoms with Crippen molar-refractivity contribution in [1.82, 2.24) is 5.32 Å². The van der Waals surface area contributed by atoms with Gasteiger partial charge >= 0.3 is 0 Å². The Morgan fingerprint density at radius 1 is 1.03 bits per heavy atom.